The topological polar surface area (TPSA) is 50.4 Å². The van der Waals surface area contributed by atoms with E-state index in [0.717, 1.165) is 29.9 Å². The smallest absolute Gasteiger partial charge is 0.170 e. The quantitative estimate of drug-likeness (QED) is 0.940. The molecule has 1 saturated heterocycles. The normalized spacial score (nSPS) is 22.9. The second-order valence-electron chi connectivity index (χ2n) is 5.64. The van der Waals surface area contributed by atoms with Crippen LogP contribution in [0.25, 0.3) is 0 Å². The zero-order valence-electron chi connectivity index (χ0n) is 12.2. The Morgan fingerprint density at radius 1 is 1.23 bits per heavy atom. The molecule has 1 unspecified atom stereocenters. The van der Waals surface area contributed by atoms with Crippen LogP contribution in [0.5, 0.6) is 0 Å². The standard InChI is InChI=1S/C16H18FN3O2/c17-12-3-1-11(2-4-12)16-15-13(18-10-19-15)5-6-20(16)9-14-21-7-8-22-14/h1-4,10,14,16H,5-9H2,(H,18,19). The van der Waals surface area contributed by atoms with Gasteiger partial charge in [-0.05, 0) is 17.7 Å². The van der Waals surface area contributed by atoms with E-state index < -0.39 is 0 Å². The van der Waals surface area contributed by atoms with Gasteiger partial charge < -0.3 is 14.5 Å². The summed E-state index contributed by atoms with van der Waals surface area (Å²) in [6.07, 6.45) is 2.45. The third kappa shape index (κ3) is 2.54. The molecule has 3 heterocycles. The van der Waals surface area contributed by atoms with Crippen molar-refractivity contribution in [2.45, 2.75) is 18.8 Å². The highest BCUT2D eigenvalue weighted by Crippen LogP contribution is 2.33. The molecule has 22 heavy (non-hydrogen) atoms. The number of benzene rings is 1. The van der Waals surface area contributed by atoms with Crippen molar-refractivity contribution in [3.8, 4) is 0 Å². The lowest BCUT2D eigenvalue weighted by molar-refractivity contribution is -0.0677. The van der Waals surface area contributed by atoms with Crippen LogP contribution in [-0.4, -0.2) is 47.5 Å². The Labute approximate surface area is 128 Å². The number of nitrogens with zero attached hydrogens (tertiary/aromatic N) is 2. The second kappa shape index (κ2) is 5.79. The van der Waals surface area contributed by atoms with Gasteiger partial charge in [-0.3, -0.25) is 4.90 Å². The number of halogens is 1. The van der Waals surface area contributed by atoms with E-state index in [1.165, 1.54) is 12.1 Å². The molecule has 2 aromatic rings. The summed E-state index contributed by atoms with van der Waals surface area (Å²) in [5, 5.41) is 0. The van der Waals surface area contributed by atoms with Crippen LogP contribution < -0.4 is 0 Å². The fraction of sp³-hybridized carbons (Fsp3) is 0.438. The number of rotatable bonds is 3. The van der Waals surface area contributed by atoms with Crippen LogP contribution in [0.4, 0.5) is 4.39 Å². The zero-order chi connectivity index (χ0) is 14.9. The number of nitrogens with one attached hydrogen (secondary N) is 1. The van der Waals surface area contributed by atoms with Gasteiger partial charge in [0.15, 0.2) is 6.29 Å². The zero-order valence-corrected chi connectivity index (χ0v) is 12.2. The summed E-state index contributed by atoms with van der Waals surface area (Å²) < 4.78 is 24.4. The number of H-pyrrole nitrogens is 1. The van der Waals surface area contributed by atoms with E-state index in [9.17, 15) is 4.39 Å². The minimum atomic E-state index is -0.226. The number of hydrogen-bond donors (Lipinski definition) is 1. The second-order valence-corrected chi connectivity index (χ2v) is 5.64. The van der Waals surface area contributed by atoms with Crippen LogP contribution in [0.2, 0.25) is 0 Å². The molecule has 0 bridgehead atoms. The van der Waals surface area contributed by atoms with Crippen molar-refractivity contribution < 1.29 is 13.9 Å². The van der Waals surface area contributed by atoms with E-state index >= 15 is 0 Å². The minimum Gasteiger partial charge on any atom is -0.349 e. The lowest BCUT2D eigenvalue weighted by Crippen LogP contribution is -2.41. The van der Waals surface area contributed by atoms with Gasteiger partial charge in [0, 0.05) is 18.7 Å². The molecule has 2 aliphatic rings. The molecular formula is C16H18FN3O2. The summed E-state index contributed by atoms with van der Waals surface area (Å²) in [6.45, 7) is 2.87. The van der Waals surface area contributed by atoms with E-state index in [-0.39, 0.29) is 18.1 Å². The Morgan fingerprint density at radius 2 is 2.00 bits per heavy atom. The van der Waals surface area contributed by atoms with Crippen LogP contribution in [0.3, 0.4) is 0 Å². The first-order chi connectivity index (χ1) is 10.8. The van der Waals surface area contributed by atoms with Crippen molar-refractivity contribution in [2.24, 2.45) is 0 Å². The predicted molar refractivity (Wildman–Crippen MR) is 77.8 cm³/mol. The first kappa shape index (κ1) is 13.9. The lowest BCUT2D eigenvalue weighted by atomic mass is 9.95. The molecule has 1 N–H and O–H groups in total. The first-order valence-corrected chi connectivity index (χ1v) is 7.56. The molecular weight excluding hydrogens is 285 g/mol. The summed E-state index contributed by atoms with van der Waals surface area (Å²) in [7, 11) is 0. The Balaban J connectivity index is 1.66. The average Bonchev–Trinajstić information content (AvgIpc) is 3.19. The highest BCUT2D eigenvalue weighted by molar-refractivity contribution is 5.32. The summed E-state index contributed by atoms with van der Waals surface area (Å²) >= 11 is 0. The van der Waals surface area contributed by atoms with Crippen molar-refractivity contribution in [3.63, 3.8) is 0 Å². The van der Waals surface area contributed by atoms with Gasteiger partial charge in [-0.25, -0.2) is 9.37 Å². The number of ether oxygens (including phenoxy) is 2. The highest BCUT2D eigenvalue weighted by atomic mass is 19.1. The summed E-state index contributed by atoms with van der Waals surface area (Å²) in [5.74, 6) is -0.226. The maximum atomic E-state index is 13.2. The average molecular weight is 303 g/mol. The van der Waals surface area contributed by atoms with Gasteiger partial charge in [0.05, 0.1) is 37.8 Å². The third-order valence-corrected chi connectivity index (χ3v) is 4.28. The van der Waals surface area contributed by atoms with Gasteiger partial charge >= 0.3 is 0 Å². The molecule has 1 atom stereocenters. The molecule has 5 nitrogen and oxygen atoms in total. The van der Waals surface area contributed by atoms with Crippen LogP contribution in [-0.2, 0) is 15.9 Å². The van der Waals surface area contributed by atoms with Gasteiger partial charge in [-0.2, -0.15) is 0 Å². The van der Waals surface area contributed by atoms with Gasteiger partial charge in [-0.1, -0.05) is 12.1 Å². The van der Waals surface area contributed by atoms with Gasteiger partial charge in [-0.15, -0.1) is 0 Å². The van der Waals surface area contributed by atoms with E-state index in [0.29, 0.717) is 19.8 Å². The SMILES string of the molecule is Fc1ccc(C2c3nc[nH]c3CCN2CC2OCCO2)cc1. The molecule has 0 amide bonds. The lowest BCUT2D eigenvalue weighted by Gasteiger charge is -2.36. The summed E-state index contributed by atoms with van der Waals surface area (Å²) in [5.41, 5.74) is 3.20. The molecule has 1 fully saturated rings. The highest BCUT2D eigenvalue weighted by Gasteiger charge is 2.33. The first-order valence-electron chi connectivity index (χ1n) is 7.56. The molecule has 0 aliphatic carbocycles. The van der Waals surface area contributed by atoms with E-state index in [1.54, 1.807) is 6.33 Å². The van der Waals surface area contributed by atoms with Crippen LogP contribution in [0.1, 0.15) is 23.0 Å². The summed E-state index contributed by atoms with van der Waals surface area (Å²) in [6, 6.07) is 6.65. The fourth-order valence-corrected chi connectivity index (χ4v) is 3.24. The van der Waals surface area contributed by atoms with E-state index in [1.807, 2.05) is 12.1 Å². The number of aromatic nitrogens is 2. The Kier molecular flexibility index (Phi) is 3.65. The largest absolute Gasteiger partial charge is 0.349 e. The van der Waals surface area contributed by atoms with Gasteiger partial charge in [0.1, 0.15) is 5.82 Å². The molecule has 0 saturated carbocycles. The summed E-state index contributed by atoms with van der Waals surface area (Å²) in [4.78, 5) is 10.00. The molecule has 2 aliphatic heterocycles. The Morgan fingerprint density at radius 3 is 2.77 bits per heavy atom. The van der Waals surface area contributed by atoms with Crippen molar-refractivity contribution in [3.05, 3.63) is 53.4 Å². The van der Waals surface area contributed by atoms with Crippen LogP contribution >= 0.6 is 0 Å². The molecule has 4 rings (SSSR count). The molecule has 1 aromatic heterocycles. The van der Waals surface area contributed by atoms with Crippen molar-refractivity contribution >= 4 is 0 Å². The molecule has 1 aromatic carbocycles. The number of imidazole rings is 1. The number of hydrogen-bond acceptors (Lipinski definition) is 4. The number of aromatic amines is 1. The number of fused-ring (bicyclic) bond motifs is 1. The third-order valence-electron chi connectivity index (χ3n) is 4.28. The predicted octanol–water partition coefficient (Wildman–Crippen LogP) is 1.87. The molecule has 0 radical (unpaired) electrons. The van der Waals surface area contributed by atoms with E-state index in [2.05, 4.69) is 14.9 Å². The Bertz CT molecular complexity index is 637. The van der Waals surface area contributed by atoms with Crippen molar-refractivity contribution in [2.75, 3.05) is 26.3 Å². The maximum absolute atomic E-state index is 13.2. The van der Waals surface area contributed by atoms with Gasteiger partial charge in [0.25, 0.3) is 0 Å². The molecule has 0 spiro atoms. The van der Waals surface area contributed by atoms with Gasteiger partial charge in [0.2, 0.25) is 0 Å². The van der Waals surface area contributed by atoms with Crippen LogP contribution in [0, 0.1) is 5.82 Å². The monoisotopic (exact) mass is 303 g/mol. The van der Waals surface area contributed by atoms with Crippen molar-refractivity contribution in [1.29, 1.82) is 0 Å². The van der Waals surface area contributed by atoms with Crippen molar-refractivity contribution in [1.82, 2.24) is 14.9 Å². The minimum absolute atomic E-state index is 0.00315. The Hall–Kier alpha value is -1.76. The van der Waals surface area contributed by atoms with E-state index in [4.69, 9.17) is 9.47 Å². The maximum Gasteiger partial charge on any atom is 0.170 e. The fourth-order valence-electron chi connectivity index (χ4n) is 3.24. The molecule has 6 heteroatoms. The van der Waals surface area contributed by atoms with Crippen LogP contribution in [0.15, 0.2) is 30.6 Å². The molecule has 116 valence electrons.